The Labute approximate surface area is 256 Å². The molecule has 0 unspecified atom stereocenters. The van der Waals surface area contributed by atoms with Crippen LogP contribution in [0.1, 0.15) is 106 Å². The second-order valence-corrected chi connectivity index (χ2v) is 14.1. The van der Waals surface area contributed by atoms with Crippen LogP contribution >= 0.6 is 0 Å². The Hall–Kier alpha value is -2.29. The summed E-state index contributed by atoms with van der Waals surface area (Å²) >= 11 is 0. The first kappa shape index (κ1) is 33.6. The molecule has 43 heavy (non-hydrogen) atoms. The maximum Gasteiger partial charge on any atom is 0.333 e. The van der Waals surface area contributed by atoms with Gasteiger partial charge in [0.15, 0.2) is 5.78 Å². The van der Waals surface area contributed by atoms with Crippen LogP contribution in [0.15, 0.2) is 34.9 Å². The molecule has 0 aromatic carbocycles. The lowest BCUT2D eigenvalue weighted by Gasteiger charge is -2.48. The molecule has 4 rings (SSSR count). The van der Waals surface area contributed by atoms with Gasteiger partial charge in [-0.1, -0.05) is 84.4 Å². The highest BCUT2D eigenvalue weighted by atomic mass is 16.6. The molecule has 240 valence electrons. The average molecular weight is 601 g/mol. The third-order valence-corrected chi connectivity index (χ3v) is 11.3. The number of Topliss-reactive ketones (excluding diaryl/α,β-unsaturated/α-hetero) is 1. The van der Waals surface area contributed by atoms with Crippen LogP contribution in [-0.4, -0.2) is 63.1 Å². The summed E-state index contributed by atoms with van der Waals surface area (Å²) in [6, 6.07) is 0. The summed E-state index contributed by atoms with van der Waals surface area (Å²) in [4.78, 5) is 40.5. The van der Waals surface area contributed by atoms with Crippen LogP contribution in [-0.2, 0) is 23.9 Å². The lowest BCUT2D eigenvalue weighted by Crippen LogP contribution is -2.65. The van der Waals surface area contributed by atoms with Gasteiger partial charge in [0.25, 0.3) is 0 Å². The molecular weight excluding hydrogens is 548 g/mol. The van der Waals surface area contributed by atoms with Crippen molar-refractivity contribution < 1.29 is 39.2 Å². The molecule has 1 spiro atoms. The molecule has 8 atom stereocenters. The van der Waals surface area contributed by atoms with Crippen LogP contribution < -0.4 is 0 Å². The van der Waals surface area contributed by atoms with Crippen molar-refractivity contribution in [1.29, 1.82) is 0 Å². The number of rotatable bonds is 12. The van der Waals surface area contributed by atoms with E-state index in [-0.39, 0.29) is 23.9 Å². The topological polar surface area (TPSA) is 130 Å². The van der Waals surface area contributed by atoms with Gasteiger partial charge in [-0.2, -0.15) is 0 Å². The van der Waals surface area contributed by atoms with Gasteiger partial charge >= 0.3 is 11.9 Å². The fourth-order valence-corrected chi connectivity index (χ4v) is 8.58. The number of hydrogen-bond acceptors (Lipinski definition) is 8. The molecule has 2 fully saturated rings. The van der Waals surface area contributed by atoms with Crippen molar-refractivity contribution in [2.75, 3.05) is 6.61 Å². The van der Waals surface area contributed by atoms with E-state index in [0.717, 1.165) is 25.7 Å². The number of ketones is 1. The van der Waals surface area contributed by atoms with Crippen LogP contribution in [0.25, 0.3) is 0 Å². The van der Waals surface area contributed by atoms with E-state index in [2.05, 4.69) is 6.92 Å². The molecule has 0 aliphatic heterocycles. The van der Waals surface area contributed by atoms with Crippen LogP contribution in [0.5, 0.6) is 0 Å². The summed E-state index contributed by atoms with van der Waals surface area (Å²) < 4.78 is 11.8. The summed E-state index contributed by atoms with van der Waals surface area (Å²) in [5.74, 6) is -3.00. The van der Waals surface area contributed by atoms with E-state index in [1.54, 1.807) is 39.0 Å². The molecule has 8 nitrogen and oxygen atoms in total. The van der Waals surface area contributed by atoms with Gasteiger partial charge in [-0.05, 0) is 50.7 Å². The van der Waals surface area contributed by atoms with Gasteiger partial charge in [-0.25, -0.2) is 4.79 Å². The zero-order valence-electron chi connectivity index (χ0n) is 27.1. The highest BCUT2D eigenvalue weighted by Gasteiger charge is 2.83. The molecule has 4 aliphatic carbocycles. The van der Waals surface area contributed by atoms with Crippen LogP contribution in [0.4, 0.5) is 0 Å². The quantitative estimate of drug-likeness (QED) is 0.122. The fraction of sp³-hybridized carbons (Fsp3) is 0.743. The standard InChI is InChI=1S/C35H52O8/c1-8-10-11-12-13-14-15-16-26(36)43-34-19-23(5)33-18-22(4)28(37)35(33,41)29(38)24(20-42-31(40)21(3)9-2)17-25(30(33)39)27(34)32(34,6)7/h9,17-18,23,25,27-29,37-38,41H,8,10-16,19-20H2,1-7H3/b21-9-/t23-,25+,27-,28+,29-,33+,34+,35-/m1/s1. The predicted molar refractivity (Wildman–Crippen MR) is 163 cm³/mol. The number of carbonyl (C=O) groups excluding carboxylic acids is 3. The van der Waals surface area contributed by atoms with E-state index in [1.165, 1.54) is 19.3 Å². The average Bonchev–Trinajstić information content (AvgIpc) is 3.37. The Morgan fingerprint density at radius 2 is 1.70 bits per heavy atom. The first-order chi connectivity index (χ1) is 20.2. The van der Waals surface area contributed by atoms with Crippen LogP contribution in [0.2, 0.25) is 0 Å². The summed E-state index contributed by atoms with van der Waals surface area (Å²) in [5, 5.41) is 35.3. The molecule has 3 N–H and O–H groups in total. The van der Waals surface area contributed by atoms with Crippen molar-refractivity contribution in [2.24, 2.45) is 28.6 Å². The van der Waals surface area contributed by atoms with E-state index in [0.29, 0.717) is 24.0 Å². The van der Waals surface area contributed by atoms with Gasteiger partial charge in [0.2, 0.25) is 0 Å². The summed E-state index contributed by atoms with van der Waals surface area (Å²) in [7, 11) is 0. The monoisotopic (exact) mass is 600 g/mol. The minimum atomic E-state index is -2.28. The number of carbonyl (C=O) groups is 3. The van der Waals surface area contributed by atoms with Gasteiger partial charge in [0.05, 0.1) is 5.41 Å². The molecule has 4 aliphatic rings. The van der Waals surface area contributed by atoms with E-state index in [1.807, 2.05) is 20.8 Å². The first-order valence-corrected chi connectivity index (χ1v) is 16.2. The Morgan fingerprint density at radius 1 is 1.07 bits per heavy atom. The Bertz CT molecular complexity index is 1210. The third-order valence-electron chi connectivity index (χ3n) is 11.3. The number of hydrogen-bond donors (Lipinski definition) is 3. The van der Waals surface area contributed by atoms with E-state index < -0.39 is 58.0 Å². The van der Waals surface area contributed by atoms with Gasteiger partial charge in [0, 0.05) is 29.2 Å². The SMILES string of the molecule is C/C=C(/C)C(=O)OCC1=C[C@@H]2C(=O)[C@]3(C=C(C)[C@H](O)[C@@]3(O)[C@@H]1O)[C@H](C)C[C@]1(OC(=O)CCCCCCCCC)[C@H]2C1(C)C. The zero-order valence-corrected chi connectivity index (χ0v) is 27.1. The number of ether oxygens (including phenoxy) is 2. The Morgan fingerprint density at radius 3 is 2.33 bits per heavy atom. The van der Waals surface area contributed by atoms with Crippen molar-refractivity contribution in [2.45, 2.75) is 130 Å². The van der Waals surface area contributed by atoms with Crippen molar-refractivity contribution in [3.05, 3.63) is 34.9 Å². The smallest absolute Gasteiger partial charge is 0.333 e. The molecule has 2 bridgehead atoms. The maximum absolute atomic E-state index is 14.7. The number of aliphatic hydroxyl groups is 3. The molecule has 0 heterocycles. The maximum atomic E-state index is 14.7. The number of esters is 2. The lowest BCUT2D eigenvalue weighted by molar-refractivity contribution is -0.192. The van der Waals surface area contributed by atoms with Crippen LogP contribution in [0, 0.1) is 28.6 Å². The predicted octanol–water partition coefficient (Wildman–Crippen LogP) is 5.14. The fourth-order valence-electron chi connectivity index (χ4n) is 8.58. The molecule has 2 saturated carbocycles. The minimum Gasteiger partial charge on any atom is -0.458 e. The van der Waals surface area contributed by atoms with Crippen molar-refractivity contribution >= 4 is 17.7 Å². The van der Waals surface area contributed by atoms with E-state index >= 15 is 0 Å². The first-order valence-electron chi connectivity index (χ1n) is 16.2. The summed E-state index contributed by atoms with van der Waals surface area (Å²) in [6.07, 6.45) is 9.86. The van der Waals surface area contributed by atoms with Crippen molar-refractivity contribution in [1.82, 2.24) is 0 Å². The molecule has 0 amide bonds. The molecule has 0 saturated heterocycles. The van der Waals surface area contributed by atoms with Gasteiger partial charge in [0.1, 0.15) is 30.0 Å². The number of fused-ring (bicyclic) bond motifs is 3. The largest absolute Gasteiger partial charge is 0.458 e. The minimum absolute atomic E-state index is 0.155. The second kappa shape index (κ2) is 12.2. The van der Waals surface area contributed by atoms with E-state index in [9.17, 15) is 29.7 Å². The molecular formula is C35H52O8. The number of unbranched alkanes of at least 4 members (excludes halogenated alkanes) is 6. The van der Waals surface area contributed by atoms with Crippen molar-refractivity contribution in [3.8, 4) is 0 Å². The highest BCUT2D eigenvalue weighted by molar-refractivity contribution is 5.96. The molecule has 8 heteroatoms. The normalized spacial score (nSPS) is 37.8. The molecule has 0 radical (unpaired) electrons. The molecule has 0 aromatic rings. The molecule has 0 aromatic heterocycles. The van der Waals surface area contributed by atoms with Crippen LogP contribution in [0.3, 0.4) is 0 Å². The zero-order chi connectivity index (χ0) is 32.0. The number of allylic oxidation sites excluding steroid dienone is 2. The second-order valence-electron chi connectivity index (χ2n) is 14.1. The van der Waals surface area contributed by atoms with Gasteiger partial charge in [-0.15, -0.1) is 0 Å². The van der Waals surface area contributed by atoms with Crippen molar-refractivity contribution in [3.63, 3.8) is 0 Å². The Kier molecular flexibility index (Phi) is 9.57. The highest BCUT2D eigenvalue weighted by Crippen LogP contribution is 2.75. The summed E-state index contributed by atoms with van der Waals surface area (Å²) in [5.41, 5.74) is -4.48. The third kappa shape index (κ3) is 5.15. The summed E-state index contributed by atoms with van der Waals surface area (Å²) in [6.45, 7) is 12.6. The number of aliphatic hydroxyl groups excluding tert-OH is 2. The lowest BCUT2D eigenvalue weighted by atomic mass is 9.59. The van der Waals surface area contributed by atoms with Gasteiger partial charge in [-0.3, -0.25) is 9.59 Å². The van der Waals surface area contributed by atoms with Gasteiger partial charge < -0.3 is 24.8 Å². The Balaban J connectivity index is 1.67. The van der Waals surface area contributed by atoms with E-state index in [4.69, 9.17) is 9.47 Å².